The number of hydrogen-bond acceptors (Lipinski definition) is 4. The summed E-state index contributed by atoms with van der Waals surface area (Å²) < 4.78 is -0.0671. The van der Waals surface area contributed by atoms with Crippen molar-refractivity contribution in [1.82, 2.24) is 0 Å². The van der Waals surface area contributed by atoms with Crippen LogP contribution in [0.1, 0.15) is 6.92 Å². The van der Waals surface area contributed by atoms with Gasteiger partial charge in [-0.25, -0.2) is 0 Å². The maximum atomic E-state index is 10.5. The molecule has 0 aliphatic carbocycles. The first-order chi connectivity index (χ1) is 3.70. The first-order valence-corrected chi connectivity index (χ1v) is 3.82. The Morgan fingerprint density at radius 1 is 1.50 bits per heavy atom. The normalized spacial score (nSPS) is 29.4. The summed E-state index contributed by atoms with van der Waals surface area (Å²) in [6.45, 7) is 1.74. The smallest absolute Gasteiger partial charge is 0.254 e. The highest BCUT2D eigenvalue weighted by atomic mass is 32.2. The molecule has 1 heterocycles. The van der Waals surface area contributed by atoms with Crippen molar-refractivity contribution in [3.05, 3.63) is 0 Å². The van der Waals surface area contributed by atoms with Crippen LogP contribution in [-0.4, -0.2) is 14.8 Å². The molecule has 0 saturated carbocycles. The summed E-state index contributed by atoms with van der Waals surface area (Å²) in [7, 11) is 0. The summed E-state index contributed by atoms with van der Waals surface area (Å²) in [5.74, 6) is 0. The van der Waals surface area contributed by atoms with E-state index in [-0.39, 0.29) is 14.8 Å². The standard InChI is InChI=1S/C4H4O2S2/c1-2-3(5)8-4(6)7-2/h2H,1H3/t2-/m1/s1. The Bertz CT molecular complexity index is 143. The van der Waals surface area contributed by atoms with Crippen LogP contribution in [0.15, 0.2) is 0 Å². The average Bonchev–Trinajstić information content (AvgIpc) is 1.85. The molecule has 0 unspecified atom stereocenters. The minimum atomic E-state index is -0.118. The van der Waals surface area contributed by atoms with E-state index in [0.717, 1.165) is 23.5 Å². The quantitative estimate of drug-likeness (QED) is 0.521. The number of hydrogen-bond donors (Lipinski definition) is 0. The van der Waals surface area contributed by atoms with E-state index in [1.54, 1.807) is 6.92 Å². The lowest BCUT2D eigenvalue weighted by Gasteiger charge is -1.87. The van der Waals surface area contributed by atoms with Gasteiger partial charge in [0.25, 0.3) is 4.45 Å². The van der Waals surface area contributed by atoms with Crippen LogP contribution >= 0.6 is 23.5 Å². The van der Waals surface area contributed by atoms with Gasteiger partial charge < -0.3 is 0 Å². The van der Waals surface area contributed by atoms with Crippen LogP contribution in [0.2, 0.25) is 0 Å². The predicted octanol–water partition coefficient (Wildman–Crippen LogP) is 1.50. The molecule has 0 aromatic carbocycles. The van der Waals surface area contributed by atoms with Gasteiger partial charge in [0.2, 0.25) is 5.12 Å². The molecule has 1 aliphatic heterocycles. The first-order valence-electron chi connectivity index (χ1n) is 2.12. The van der Waals surface area contributed by atoms with Crippen LogP contribution in [0.4, 0.5) is 4.79 Å². The largest absolute Gasteiger partial charge is 0.285 e. The highest BCUT2D eigenvalue weighted by Crippen LogP contribution is 2.33. The maximum absolute atomic E-state index is 10.5. The first kappa shape index (κ1) is 6.16. The van der Waals surface area contributed by atoms with E-state index in [2.05, 4.69) is 0 Å². The molecule has 0 radical (unpaired) electrons. The average molecular weight is 148 g/mol. The van der Waals surface area contributed by atoms with Gasteiger partial charge in [-0.2, -0.15) is 0 Å². The SMILES string of the molecule is C[C@H]1SC(=O)SC1=O. The lowest BCUT2D eigenvalue weighted by Crippen LogP contribution is -1.99. The number of rotatable bonds is 0. The molecule has 1 fully saturated rings. The molecule has 0 bridgehead atoms. The summed E-state index contributed by atoms with van der Waals surface area (Å²) >= 11 is 1.92. The molecule has 0 aromatic rings. The molecule has 0 aromatic heterocycles. The molecule has 4 heteroatoms. The van der Waals surface area contributed by atoms with Gasteiger partial charge in [-0.05, 0) is 18.7 Å². The highest BCUT2D eigenvalue weighted by molar-refractivity contribution is 8.49. The van der Waals surface area contributed by atoms with Crippen molar-refractivity contribution in [2.75, 3.05) is 0 Å². The minimum absolute atomic E-state index is 0.0139. The Morgan fingerprint density at radius 2 is 2.12 bits per heavy atom. The zero-order valence-corrected chi connectivity index (χ0v) is 5.84. The van der Waals surface area contributed by atoms with Crippen LogP contribution in [0.5, 0.6) is 0 Å². The zero-order chi connectivity index (χ0) is 6.15. The molecular weight excluding hydrogens is 144 g/mol. The fraction of sp³-hybridized carbons (Fsp3) is 0.500. The second-order valence-electron chi connectivity index (χ2n) is 1.43. The molecule has 0 N–H and O–H groups in total. The van der Waals surface area contributed by atoms with Gasteiger partial charge in [-0.15, -0.1) is 0 Å². The molecule has 8 heavy (non-hydrogen) atoms. The van der Waals surface area contributed by atoms with E-state index in [4.69, 9.17) is 0 Å². The van der Waals surface area contributed by atoms with Crippen molar-refractivity contribution in [1.29, 1.82) is 0 Å². The Hall–Kier alpha value is 0.0400. The number of thioether (sulfide) groups is 2. The van der Waals surface area contributed by atoms with Crippen molar-refractivity contribution < 1.29 is 9.59 Å². The van der Waals surface area contributed by atoms with Gasteiger partial charge in [0, 0.05) is 0 Å². The summed E-state index contributed by atoms with van der Waals surface area (Å²) in [4.78, 5) is 20.9. The molecule has 1 aliphatic rings. The highest BCUT2D eigenvalue weighted by Gasteiger charge is 2.28. The van der Waals surface area contributed by atoms with Crippen LogP contribution < -0.4 is 0 Å². The molecule has 2 nitrogen and oxygen atoms in total. The van der Waals surface area contributed by atoms with Crippen LogP contribution in [0, 0.1) is 0 Å². The van der Waals surface area contributed by atoms with E-state index in [9.17, 15) is 9.59 Å². The summed E-state index contributed by atoms with van der Waals surface area (Å²) in [5, 5.41) is -0.132. The van der Waals surface area contributed by atoms with Crippen molar-refractivity contribution in [3.63, 3.8) is 0 Å². The molecule has 0 amide bonds. The molecule has 1 atom stereocenters. The zero-order valence-electron chi connectivity index (χ0n) is 4.21. The topological polar surface area (TPSA) is 34.1 Å². The third-order valence-electron chi connectivity index (χ3n) is 0.789. The molecule has 1 rings (SSSR count). The second-order valence-corrected chi connectivity index (χ2v) is 3.98. The molecule has 1 saturated heterocycles. The van der Waals surface area contributed by atoms with E-state index in [1.807, 2.05) is 0 Å². The Balaban J connectivity index is 2.64. The number of carbonyl (C=O) groups excluding carboxylic acids is 2. The van der Waals surface area contributed by atoms with E-state index >= 15 is 0 Å². The van der Waals surface area contributed by atoms with Gasteiger partial charge in [0.15, 0.2) is 0 Å². The predicted molar refractivity (Wildman–Crippen MR) is 35.0 cm³/mol. The number of carbonyl (C=O) groups is 2. The third-order valence-corrected chi connectivity index (χ3v) is 2.96. The Kier molecular flexibility index (Phi) is 1.62. The van der Waals surface area contributed by atoms with E-state index in [0.29, 0.717) is 0 Å². The molecule has 0 spiro atoms. The minimum Gasteiger partial charge on any atom is -0.285 e. The van der Waals surface area contributed by atoms with Gasteiger partial charge in [-0.3, -0.25) is 9.59 Å². The van der Waals surface area contributed by atoms with Gasteiger partial charge in [0.1, 0.15) is 0 Å². The lowest BCUT2D eigenvalue weighted by molar-refractivity contribution is -0.110. The van der Waals surface area contributed by atoms with Gasteiger partial charge >= 0.3 is 0 Å². The van der Waals surface area contributed by atoms with Crippen molar-refractivity contribution in [2.45, 2.75) is 12.2 Å². The van der Waals surface area contributed by atoms with E-state index in [1.165, 1.54) is 0 Å². The van der Waals surface area contributed by atoms with Crippen LogP contribution in [0.25, 0.3) is 0 Å². The Morgan fingerprint density at radius 3 is 2.25 bits per heavy atom. The second kappa shape index (κ2) is 2.11. The molecule has 44 valence electrons. The lowest BCUT2D eigenvalue weighted by atomic mass is 10.5. The van der Waals surface area contributed by atoms with Gasteiger partial charge in [0.05, 0.1) is 5.25 Å². The third kappa shape index (κ3) is 1.06. The van der Waals surface area contributed by atoms with Gasteiger partial charge in [-0.1, -0.05) is 11.8 Å². The van der Waals surface area contributed by atoms with Crippen molar-refractivity contribution in [3.8, 4) is 0 Å². The van der Waals surface area contributed by atoms with E-state index < -0.39 is 0 Å². The fourth-order valence-corrected chi connectivity index (χ4v) is 2.26. The maximum Gasteiger partial charge on any atom is 0.254 e. The van der Waals surface area contributed by atoms with Crippen LogP contribution in [-0.2, 0) is 4.79 Å². The molecular formula is C4H4O2S2. The summed E-state index contributed by atoms with van der Waals surface area (Å²) in [6, 6.07) is 0. The monoisotopic (exact) mass is 148 g/mol. The van der Waals surface area contributed by atoms with Crippen LogP contribution in [0.3, 0.4) is 0 Å². The summed E-state index contributed by atoms with van der Waals surface area (Å²) in [6.07, 6.45) is 0. The van der Waals surface area contributed by atoms with Crippen molar-refractivity contribution in [2.24, 2.45) is 0 Å². The summed E-state index contributed by atoms with van der Waals surface area (Å²) in [5.41, 5.74) is 0. The fourth-order valence-electron chi connectivity index (χ4n) is 0.382. The Labute approximate surface area is 55.4 Å². The van der Waals surface area contributed by atoms with Crippen molar-refractivity contribution >= 4 is 33.1 Å².